The second-order valence-corrected chi connectivity index (χ2v) is 4.12. The number of hydrogen-bond donors (Lipinski definition) is 0. The summed E-state index contributed by atoms with van der Waals surface area (Å²) in [4.78, 5) is 0. The van der Waals surface area contributed by atoms with Crippen LogP contribution in [0.5, 0.6) is 0 Å². The van der Waals surface area contributed by atoms with E-state index in [1.165, 1.54) is 0 Å². The van der Waals surface area contributed by atoms with Crippen LogP contribution in [0.1, 0.15) is 46.0 Å². The molecule has 0 spiro atoms. The molecular weight excluding hydrogens is 146 g/mol. The number of alkyl halides is 2. The maximum absolute atomic E-state index is 12.5. The van der Waals surface area contributed by atoms with Gasteiger partial charge >= 0.3 is 0 Å². The molecule has 11 heavy (non-hydrogen) atoms. The van der Waals surface area contributed by atoms with E-state index in [0.29, 0.717) is 0 Å². The van der Waals surface area contributed by atoms with E-state index >= 15 is 0 Å². The second-order valence-electron chi connectivity index (χ2n) is 4.12. The van der Waals surface area contributed by atoms with Gasteiger partial charge in [0.2, 0.25) is 5.92 Å². The Morgan fingerprint density at radius 2 is 1.82 bits per heavy atom. The molecule has 0 unspecified atom stereocenters. The average Bonchev–Trinajstić information content (AvgIpc) is 1.79. The third kappa shape index (κ3) is 2.14. The molecule has 1 saturated carbocycles. The van der Waals surface area contributed by atoms with Crippen LogP contribution in [0.15, 0.2) is 0 Å². The molecule has 1 aliphatic carbocycles. The summed E-state index contributed by atoms with van der Waals surface area (Å²) < 4.78 is 24.9. The molecule has 0 aromatic rings. The van der Waals surface area contributed by atoms with Crippen LogP contribution < -0.4 is 0 Å². The average molecular weight is 162 g/mol. The molecule has 0 nitrogen and oxygen atoms in total. The summed E-state index contributed by atoms with van der Waals surface area (Å²) >= 11 is 0. The zero-order valence-electron chi connectivity index (χ0n) is 7.29. The lowest BCUT2D eigenvalue weighted by atomic mass is 9.65. The Labute approximate surface area is 67.0 Å². The minimum absolute atomic E-state index is 0.0422. The molecule has 0 N–H and O–H groups in total. The maximum Gasteiger partial charge on any atom is 0.249 e. The zero-order valence-corrected chi connectivity index (χ0v) is 7.29. The molecular formula is C9H16F2. The molecule has 0 heterocycles. The fourth-order valence-electron chi connectivity index (χ4n) is 1.98. The van der Waals surface area contributed by atoms with Gasteiger partial charge in [-0.1, -0.05) is 26.7 Å². The highest BCUT2D eigenvalue weighted by atomic mass is 19.3. The van der Waals surface area contributed by atoms with Crippen molar-refractivity contribution in [3.8, 4) is 0 Å². The van der Waals surface area contributed by atoms with E-state index in [-0.39, 0.29) is 18.3 Å². The third-order valence-electron chi connectivity index (χ3n) is 2.50. The van der Waals surface area contributed by atoms with Crippen molar-refractivity contribution in [2.45, 2.75) is 51.9 Å². The largest absolute Gasteiger partial charge is 0.249 e. The monoisotopic (exact) mass is 162 g/mol. The highest BCUT2D eigenvalue weighted by Crippen LogP contribution is 2.54. The van der Waals surface area contributed by atoms with Crippen LogP contribution in [0, 0.1) is 5.41 Å². The smallest absolute Gasteiger partial charge is 0.207 e. The Balaban J connectivity index is 2.25. The van der Waals surface area contributed by atoms with E-state index in [9.17, 15) is 8.78 Å². The first-order valence-corrected chi connectivity index (χ1v) is 4.35. The van der Waals surface area contributed by atoms with Gasteiger partial charge in [-0.05, 0) is 11.8 Å². The molecule has 0 radical (unpaired) electrons. The minimum atomic E-state index is -2.34. The van der Waals surface area contributed by atoms with Gasteiger partial charge in [0, 0.05) is 12.8 Å². The fraction of sp³-hybridized carbons (Fsp3) is 1.00. The van der Waals surface area contributed by atoms with Gasteiger partial charge in [0.1, 0.15) is 0 Å². The van der Waals surface area contributed by atoms with E-state index in [1.54, 1.807) is 0 Å². The highest BCUT2D eigenvalue weighted by Gasteiger charge is 2.52. The Kier molecular flexibility index (Phi) is 2.22. The summed E-state index contributed by atoms with van der Waals surface area (Å²) in [6.07, 6.45) is 3.40. The van der Waals surface area contributed by atoms with E-state index in [0.717, 1.165) is 19.3 Å². The SMILES string of the molecule is CCCCC1(C)CC(F)(F)C1. The molecule has 1 aliphatic rings. The lowest BCUT2D eigenvalue weighted by Crippen LogP contribution is -2.43. The van der Waals surface area contributed by atoms with Crippen molar-refractivity contribution in [2.24, 2.45) is 5.41 Å². The summed E-state index contributed by atoms with van der Waals surface area (Å²) in [6, 6.07) is 0. The molecule has 1 fully saturated rings. The number of hydrogen-bond acceptors (Lipinski definition) is 0. The molecule has 0 bridgehead atoms. The van der Waals surface area contributed by atoms with Crippen molar-refractivity contribution in [1.82, 2.24) is 0 Å². The van der Waals surface area contributed by atoms with Crippen LogP contribution >= 0.6 is 0 Å². The van der Waals surface area contributed by atoms with Crippen LogP contribution in [0.4, 0.5) is 8.78 Å². The topological polar surface area (TPSA) is 0 Å². The molecule has 0 aromatic carbocycles. The van der Waals surface area contributed by atoms with Crippen LogP contribution in [0.3, 0.4) is 0 Å². The normalized spacial score (nSPS) is 26.2. The van der Waals surface area contributed by atoms with Gasteiger partial charge in [0.05, 0.1) is 0 Å². The first-order valence-electron chi connectivity index (χ1n) is 4.35. The van der Waals surface area contributed by atoms with Gasteiger partial charge in [-0.25, -0.2) is 8.78 Å². The number of unbranched alkanes of at least 4 members (excludes halogenated alkanes) is 1. The van der Waals surface area contributed by atoms with Crippen LogP contribution in [-0.4, -0.2) is 5.92 Å². The van der Waals surface area contributed by atoms with E-state index in [2.05, 4.69) is 6.92 Å². The predicted molar refractivity (Wildman–Crippen MR) is 41.8 cm³/mol. The van der Waals surface area contributed by atoms with Crippen molar-refractivity contribution in [1.29, 1.82) is 0 Å². The molecule has 0 aromatic heterocycles. The van der Waals surface area contributed by atoms with Crippen molar-refractivity contribution in [2.75, 3.05) is 0 Å². The van der Waals surface area contributed by atoms with Gasteiger partial charge < -0.3 is 0 Å². The van der Waals surface area contributed by atoms with Gasteiger partial charge in [0.15, 0.2) is 0 Å². The standard InChI is InChI=1S/C9H16F2/c1-3-4-5-8(2)6-9(10,11)7-8/h3-7H2,1-2H3. The molecule has 0 aliphatic heterocycles. The molecule has 0 saturated heterocycles. The first-order chi connectivity index (χ1) is 4.97. The van der Waals surface area contributed by atoms with Crippen molar-refractivity contribution in [3.05, 3.63) is 0 Å². The molecule has 2 heteroatoms. The van der Waals surface area contributed by atoms with Crippen molar-refractivity contribution >= 4 is 0 Å². The van der Waals surface area contributed by atoms with Crippen molar-refractivity contribution in [3.63, 3.8) is 0 Å². The Morgan fingerprint density at radius 3 is 2.18 bits per heavy atom. The predicted octanol–water partition coefficient (Wildman–Crippen LogP) is 3.61. The van der Waals surface area contributed by atoms with Crippen molar-refractivity contribution < 1.29 is 8.78 Å². The Morgan fingerprint density at radius 1 is 1.27 bits per heavy atom. The molecule has 0 atom stereocenters. The number of rotatable bonds is 3. The molecule has 66 valence electrons. The lowest BCUT2D eigenvalue weighted by Gasteiger charge is -2.45. The minimum Gasteiger partial charge on any atom is -0.207 e. The zero-order chi connectivity index (χ0) is 8.54. The molecule has 0 amide bonds. The fourth-order valence-corrected chi connectivity index (χ4v) is 1.98. The van der Waals surface area contributed by atoms with E-state index < -0.39 is 5.92 Å². The number of halogens is 2. The van der Waals surface area contributed by atoms with Crippen LogP contribution in [0.25, 0.3) is 0 Å². The second kappa shape index (κ2) is 2.72. The van der Waals surface area contributed by atoms with Gasteiger partial charge in [-0.2, -0.15) is 0 Å². The Bertz CT molecular complexity index is 132. The van der Waals surface area contributed by atoms with Gasteiger partial charge in [0.25, 0.3) is 0 Å². The summed E-state index contributed by atoms with van der Waals surface area (Å²) in [5, 5.41) is 0. The van der Waals surface area contributed by atoms with E-state index in [4.69, 9.17) is 0 Å². The van der Waals surface area contributed by atoms with Crippen LogP contribution in [-0.2, 0) is 0 Å². The van der Waals surface area contributed by atoms with Gasteiger partial charge in [-0.15, -0.1) is 0 Å². The summed E-state index contributed by atoms with van der Waals surface area (Å²) in [7, 11) is 0. The summed E-state index contributed by atoms with van der Waals surface area (Å²) in [6.45, 7) is 4.07. The first kappa shape index (κ1) is 8.95. The van der Waals surface area contributed by atoms with E-state index in [1.807, 2.05) is 6.92 Å². The maximum atomic E-state index is 12.5. The molecule has 1 rings (SSSR count). The van der Waals surface area contributed by atoms with Gasteiger partial charge in [-0.3, -0.25) is 0 Å². The summed E-state index contributed by atoms with van der Waals surface area (Å²) in [5.74, 6) is -2.34. The third-order valence-corrected chi connectivity index (χ3v) is 2.50. The quantitative estimate of drug-likeness (QED) is 0.594. The summed E-state index contributed by atoms with van der Waals surface area (Å²) in [5.41, 5.74) is -0.0422. The lowest BCUT2D eigenvalue weighted by molar-refractivity contribution is -0.156. The highest BCUT2D eigenvalue weighted by molar-refractivity contribution is 4.95. The van der Waals surface area contributed by atoms with Crippen LogP contribution in [0.2, 0.25) is 0 Å². The Hall–Kier alpha value is -0.140.